The van der Waals surface area contributed by atoms with Crippen LogP contribution in [0.2, 0.25) is 0 Å². The molecule has 0 aliphatic carbocycles. The first-order valence-corrected chi connectivity index (χ1v) is 8.03. The Balaban J connectivity index is 2.14. The van der Waals surface area contributed by atoms with Crippen molar-refractivity contribution in [2.45, 2.75) is 25.3 Å². The zero-order valence-corrected chi connectivity index (χ0v) is 12.1. The maximum absolute atomic E-state index is 6.15. The summed E-state index contributed by atoms with van der Waals surface area (Å²) in [5.41, 5.74) is 7.71. The van der Waals surface area contributed by atoms with Crippen molar-refractivity contribution in [3.8, 4) is 0 Å². The van der Waals surface area contributed by atoms with E-state index in [1.807, 2.05) is 0 Å². The third-order valence-electron chi connectivity index (χ3n) is 4.10. The normalized spacial score (nSPS) is 20.6. The molecular weight excluding hydrogens is 240 g/mol. The number of rotatable bonds is 5. The van der Waals surface area contributed by atoms with Gasteiger partial charge in [0.05, 0.1) is 0 Å². The summed E-state index contributed by atoms with van der Waals surface area (Å²) in [5.74, 6) is 2.49. The average Bonchev–Trinajstić information content (AvgIpc) is 2.47. The standard InChI is InChI=1S/C15H24N2S/c1-2-15(13-16,17-8-10-18-11-9-17)12-14-6-4-3-5-7-14/h3-7H,2,8-13,16H2,1H3. The van der Waals surface area contributed by atoms with Gasteiger partial charge in [0, 0.05) is 36.7 Å². The fourth-order valence-corrected chi connectivity index (χ4v) is 3.72. The van der Waals surface area contributed by atoms with Gasteiger partial charge in [-0.1, -0.05) is 37.3 Å². The van der Waals surface area contributed by atoms with Gasteiger partial charge in [0.25, 0.3) is 0 Å². The van der Waals surface area contributed by atoms with E-state index < -0.39 is 0 Å². The summed E-state index contributed by atoms with van der Waals surface area (Å²) in [6.45, 7) is 5.39. The zero-order valence-electron chi connectivity index (χ0n) is 11.3. The summed E-state index contributed by atoms with van der Waals surface area (Å²) in [5, 5.41) is 0. The van der Waals surface area contributed by atoms with Crippen molar-refractivity contribution in [3.05, 3.63) is 35.9 Å². The molecule has 0 amide bonds. The Morgan fingerprint density at radius 3 is 2.44 bits per heavy atom. The van der Waals surface area contributed by atoms with Crippen LogP contribution in [-0.2, 0) is 6.42 Å². The van der Waals surface area contributed by atoms with Gasteiger partial charge in [-0.25, -0.2) is 0 Å². The van der Waals surface area contributed by atoms with Gasteiger partial charge in [-0.3, -0.25) is 4.90 Å². The molecule has 3 heteroatoms. The van der Waals surface area contributed by atoms with Gasteiger partial charge < -0.3 is 5.73 Å². The summed E-state index contributed by atoms with van der Waals surface area (Å²) < 4.78 is 0. The first-order valence-electron chi connectivity index (χ1n) is 6.87. The van der Waals surface area contributed by atoms with E-state index in [0.29, 0.717) is 0 Å². The second-order valence-corrected chi connectivity index (χ2v) is 6.27. The SMILES string of the molecule is CCC(CN)(Cc1ccccc1)N1CCSCC1. The average molecular weight is 264 g/mol. The largest absolute Gasteiger partial charge is 0.329 e. The van der Waals surface area contributed by atoms with E-state index in [-0.39, 0.29) is 5.54 Å². The minimum absolute atomic E-state index is 0.155. The first kappa shape index (κ1) is 13.9. The van der Waals surface area contributed by atoms with E-state index in [1.54, 1.807) is 0 Å². The fraction of sp³-hybridized carbons (Fsp3) is 0.600. The van der Waals surface area contributed by atoms with Crippen molar-refractivity contribution >= 4 is 11.8 Å². The molecule has 0 spiro atoms. The monoisotopic (exact) mass is 264 g/mol. The molecule has 0 aromatic heterocycles. The number of thioether (sulfide) groups is 1. The second kappa shape index (κ2) is 6.60. The topological polar surface area (TPSA) is 29.3 Å². The molecule has 100 valence electrons. The summed E-state index contributed by atoms with van der Waals surface area (Å²) >= 11 is 2.06. The molecule has 2 rings (SSSR count). The Morgan fingerprint density at radius 2 is 1.89 bits per heavy atom. The minimum atomic E-state index is 0.155. The third kappa shape index (κ3) is 3.08. The first-order chi connectivity index (χ1) is 8.80. The molecule has 1 fully saturated rings. The van der Waals surface area contributed by atoms with E-state index in [9.17, 15) is 0 Å². The highest BCUT2D eigenvalue weighted by Gasteiger charge is 2.34. The van der Waals surface area contributed by atoms with Crippen molar-refractivity contribution in [1.29, 1.82) is 0 Å². The second-order valence-electron chi connectivity index (χ2n) is 5.04. The molecule has 1 heterocycles. The minimum Gasteiger partial charge on any atom is -0.329 e. The lowest BCUT2D eigenvalue weighted by molar-refractivity contribution is 0.101. The Morgan fingerprint density at radius 1 is 1.22 bits per heavy atom. The Kier molecular flexibility index (Phi) is 5.10. The smallest absolute Gasteiger partial charge is 0.0369 e. The molecule has 1 saturated heterocycles. The number of nitrogens with two attached hydrogens (primary N) is 1. The van der Waals surface area contributed by atoms with Gasteiger partial charge in [0.2, 0.25) is 0 Å². The third-order valence-corrected chi connectivity index (χ3v) is 5.04. The van der Waals surface area contributed by atoms with Crippen molar-refractivity contribution in [1.82, 2.24) is 4.90 Å². The van der Waals surface area contributed by atoms with E-state index in [1.165, 1.54) is 30.2 Å². The number of benzene rings is 1. The van der Waals surface area contributed by atoms with Crippen LogP contribution >= 0.6 is 11.8 Å². The molecule has 1 aliphatic heterocycles. The maximum Gasteiger partial charge on any atom is 0.0369 e. The van der Waals surface area contributed by atoms with Gasteiger partial charge in [-0.15, -0.1) is 0 Å². The molecular formula is C15H24N2S. The van der Waals surface area contributed by atoms with Crippen LogP contribution in [0, 0.1) is 0 Å². The molecule has 0 bridgehead atoms. The molecule has 1 atom stereocenters. The molecule has 1 unspecified atom stereocenters. The molecule has 1 aromatic carbocycles. The molecule has 0 saturated carbocycles. The molecule has 1 aromatic rings. The Bertz CT molecular complexity index is 343. The van der Waals surface area contributed by atoms with E-state index >= 15 is 0 Å². The predicted molar refractivity (Wildman–Crippen MR) is 81.1 cm³/mol. The Hall–Kier alpha value is -0.510. The van der Waals surface area contributed by atoms with Gasteiger partial charge in [-0.2, -0.15) is 11.8 Å². The number of hydrogen-bond acceptors (Lipinski definition) is 3. The van der Waals surface area contributed by atoms with Crippen LogP contribution in [0.1, 0.15) is 18.9 Å². The lowest BCUT2D eigenvalue weighted by Gasteiger charge is -2.45. The summed E-state index contributed by atoms with van der Waals surface area (Å²) in [6.07, 6.45) is 2.20. The molecule has 2 nitrogen and oxygen atoms in total. The molecule has 1 aliphatic rings. The zero-order chi connectivity index (χ0) is 12.8. The number of hydrogen-bond donors (Lipinski definition) is 1. The van der Waals surface area contributed by atoms with Crippen molar-refractivity contribution in [3.63, 3.8) is 0 Å². The highest BCUT2D eigenvalue weighted by atomic mass is 32.2. The van der Waals surface area contributed by atoms with Gasteiger partial charge in [0.15, 0.2) is 0 Å². The van der Waals surface area contributed by atoms with Gasteiger partial charge in [0.1, 0.15) is 0 Å². The van der Waals surface area contributed by atoms with Crippen LogP contribution in [0.15, 0.2) is 30.3 Å². The van der Waals surface area contributed by atoms with Crippen molar-refractivity contribution in [2.24, 2.45) is 5.73 Å². The maximum atomic E-state index is 6.15. The lowest BCUT2D eigenvalue weighted by Crippen LogP contribution is -2.57. The highest BCUT2D eigenvalue weighted by molar-refractivity contribution is 7.99. The van der Waals surface area contributed by atoms with E-state index in [0.717, 1.165) is 19.4 Å². The summed E-state index contributed by atoms with van der Waals surface area (Å²) in [6, 6.07) is 10.8. The van der Waals surface area contributed by atoms with Crippen LogP contribution in [0.3, 0.4) is 0 Å². The van der Waals surface area contributed by atoms with Crippen LogP contribution < -0.4 is 5.73 Å². The van der Waals surface area contributed by atoms with Crippen LogP contribution in [-0.4, -0.2) is 41.6 Å². The van der Waals surface area contributed by atoms with Gasteiger partial charge in [-0.05, 0) is 18.4 Å². The predicted octanol–water partition coefficient (Wildman–Crippen LogP) is 2.39. The van der Waals surface area contributed by atoms with E-state index in [2.05, 4.69) is 53.9 Å². The Labute approximate surface area is 115 Å². The highest BCUT2D eigenvalue weighted by Crippen LogP contribution is 2.27. The molecule has 18 heavy (non-hydrogen) atoms. The quantitative estimate of drug-likeness (QED) is 0.885. The van der Waals surface area contributed by atoms with Gasteiger partial charge >= 0.3 is 0 Å². The number of nitrogens with zero attached hydrogens (tertiary/aromatic N) is 1. The summed E-state index contributed by atoms with van der Waals surface area (Å²) in [7, 11) is 0. The molecule has 0 radical (unpaired) electrons. The molecule has 2 N–H and O–H groups in total. The van der Waals surface area contributed by atoms with Crippen molar-refractivity contribution in [2.75, 3.05) is 31.1 Å². The van der Waals surface area contributed by atoms with Crippen LogP contribution in [0.4, 0.5) is 0 Å². The van der Waals surface area contributed by atoms with Crippen LogP contribution in [0.25, 0.3) is 0 Å². The van der Waals surface area contributed by atoms with E-state index in [4.69, 9.17) is 5.73 Å². The summed E-state index contributed by atoms with van der Waals surface area (Å²) in [4.78, 5) is 2.62. The lowest BCUT2D eigenvalue weighted by atomic mass is 9.86. The van der Waals surface area contributed by atoms with Crippen molar-refractivity contribution < 1.29 is 0 Å². The van der Waals surface area contributed by atoms with Crippen LogP contribution in [0.5, 0.6) is 0 Å². The fourth-order valence-electron chi connectivity index (χ4n) is 2.82.